The molecule has 0 saturated heterocycles. The molecule has 0 unspecified atom stereocenters. The summed E-state index contributed by atoms with van der Waals surface area (Å²) < 4.78 is 4.97. The Morgan fingerprint density at radius 2 is 1.21 bits per heavy atom. The number of aliphatic carboxylic acids is 1. The van der Waals surface area contributed by atoms with Crippen LogP contribution < -0.4 is 0 Å². The third-order valence-electron chi connectivity index (χ3n) is 4.69. The number of carboxylic acid groups (broad SMARTS) is 1. The monoisotopic (exact) mass is 532 g/mol. The van der Waals surface area contributed by atoms with Crippen molar-refractivity contribution < 1.29 is 19.4 Å². The second-order valence-corrected chi connectivity index (χ2v) is 9.82. The number of rotatable bonds is 7. The van der Waals surface area contributed by atoms with Gasteiger partial charge in [0.15, 0.2) is 0 Å². The second kappa shape index (κ2) is 12.7. The Bertz CT molecular complexity index is 1230. The van der Waals surface area contributed by atoms with E-state index in [1.165, 1.54) is 0 Å². The zero-order valence-electron chi connectivity index (χ0n) is 18.3. The molecular formula is C26H22Cl2O4S2. The maximum Gasteiger partial charge on any atom is 0.310 e. The molecule has 4 aromatic rings. The number of esters is 1. The van der Waals surface area contributed by atoms with Crippen LogP contribution in [0.4, 0.5) is 0 Å². The summed E-state index contributed by atoms with van der Waals surface area (Å²) in [5, 5.41) is 14.1. The van der Waals surface area contributed by atoms with Gasteiger partial charge in [-0.05, 0) is 76.3 Å². The number of carbonyl (C=O) groups is 2. The summed E-state index contributed by atoms with van der Waals surface area (Å²) in [5.74, 6) is -1.00. The smallest absolute Gasteiger partial charge is 0.310 e. The minimum Gasteiger partial charge on any atom is -0.481 e. The topological polar surface area (TPSA) is 63.6 Å². The zero-order valence-corrected chi connectivity index (χ0v) is 21.4. The molecule has 0 bridgehead atoms. The summed E-state index contributed by atoms with van der Waals surface area (Å²) in [5.41, 5.74) is 3.94. The fraction of sp³-hybridized carbons (Fsp3) is 0.154. The molecule has 0 radical (unpaired) electrons. The van der Waals surface area contributed by atoms with Gasteiger partial charge in [-0.15, -0.1) is 22.7 Å². The number of halogens is 2. The van der Waals surface area contributed by atoms with Gasteiger partial charge in [-0.25, -0.2) is 0 Å². The summed E-state index contributed by atoms with van der Waals surface area (Å²) in [7, 11) is 0. The van der Waals surface area contributed by atoms with E-state index < -0.39 is 5.97 Å². The minimum atomic E-state index is -0.811. The number of carboxylic acids is 1. The van der Waals surface area contributed by atoms with Gasteiger partial charge in [0.1, 0.15) is 0 Å². The van der Waals surface area contributed by atoms with Crippen LogP contribution in [-0.4, -0.2) is 23.7 Å². The summed E-state index contributed by atoms with van der Waals surface area (Å²) >= 11 is 14.8. The van der Waals surface area contributed by atoms with Gasteiger partial charge in [0, 0.05) is 19.8 Å². The molecule has 0 spiro atoms. The Morgan fingerprint density at radius 3 is 1.62 bits per heavy atom. The van der Waals surface area contributed by atoms with E-state index in [-0.39, 0.29) is 12.4 Å². The van der Waals surface area contributed by atoms with Crippen molar-refractivity contribution in [3.63, 3.8) is 0 Å². The van der Waals surface area contributed by atoms with Crippen molar-refractivity contribution in [2.75, 3.05) is 6.61 Å². The molecule has 2 heterocycles. The van der Waals surface area contributed by atoms with Crippen LogP contribution in [-0.2, 0) is 27.2 Å². The number of ether oxygens (including phenoxy) is 1. The third-order valence-corrected chi connectivity index (χ3v) is 7.20. The standard InChI is InChI=1S/C14H13ClO2S.C12H9ClO2S/c1-2-17-13(16)9-11-7-8-18-14(11)10-3-5-12(15)6-4-10;13-10-3-1-8(2-4-10)12-9(5-6-16-12)7-11(14)15/h3-8H,2,9H2,1H3;1-6H,7H2,(H,14,15). The highest BCUT2D eigenvalue weighted by Gasteiger charge is 2.12. The van der Waals surface area contributed by atoms with Crippen LogP contribution in [0.3, 0.4) is 0 Å². The number of thiophene rings is 2. The molecule has 0 saturated carbocycles. The number of hydrogen-bond donors (Lipinski definition) is 1. The van der Waals surface area contributed by atoms with Gasteiger partial charge in [0.2, 0.25) is 0 Å². The van der Waals surface area contributed by atoms with Crippen molar-refractivity contribution in [1.82, 2.24) is 0 Å². The van der Waals surface area contributed by atoms with Gasteiger partial charge < -0.3 is 9.84 Å². The van der Waals surface area contributed by atoms with Crippen molar-refractivity contribution in [2.24, 2.45) is 0 Å². The van der Waals surface area contributed by atoms with Gasteiger partial charge in [-0.3, -0.25) is 9.59 Å². The summed E-state index contributed by atoms with van der Waals surface area (Å²) in [4.78, 5) is 24.3. The first-order valence-electron chi connectivity index (χ1n) is 10.4. The van der Waals surface area contributed by atoms with Crippen LogP contribution in [0.5, 0.6) is 0 Å². The van der Waals surface area contributed by atoms with Gasteiger partial charge in [-0.2, -0.15) is 0 Å². The SMILES string of the molecule is CCOC(=O)Cc1ccsc1-c1ccc(Cl)cc1.O=C(O)Cc1ccsc1-c1ccc(Cl)cc1. The third kappa shape index (κ3) is 7.43. The van der Waals surface area contributed by atoms with Crippen molar-refractivity contribution in [1.29, 1.82) is 0 Å². The van der Waals surface area contributed by atoms with Gasteiger partial charge in [0.25, 0.3) is 0 Å². The molecular weight excluding hydrogens is 511 g/mol. The van der Waals surface area contributed by atoms with Crippen LogP contribution in [0, 0.1) is 0 Å². The second-order valence-electron chi connectivity index (χ2n) is 7.12. The van der Waals surface area contributed by atoms with Gasteiger partial charge >= 0.3 is 11.9 Å². The predicted molar refractivity (Wildman–Crippen MR) is 141 cm³/mol. The van der Waals surface area contributed by atoms with Crippen molar-refractivity contribution in [3.8, 4) is 20.9 Å². The molecule has 176 valence electrons. The van der Waals surface area contributed by atoms with Crippen LogP contribution in [0.1, 0.15) is 18.1 Å². The highest BCUT2D eigenvalue weighted by Crippen LogP contribution is 2.32. The van der Waals surface area contributed by atoms with Crippen molar-refractivity contribution >= 4 is 57.8 Å². The molecule has 0 aliphatic carbocycles. The average Bonchev–Trinajstić information content (AvgIpc) is 3.45. The molecule has 0 fully saturated rings. The lowest BCUT2D eigenvalue weighted by atomic mass is 10.1. The van der Waals surface area contributed by atoms with Gasteiger partial charge in [0.05, 0.1) is 19.4 Å². The van der Waals surface area contributed by atoms with Crippen LogP contribution >= 0.6 is 45.9 Å². The van der Waals surface area contributed by atoms with E-state index in [2.05, 4.69) is 0 Å². The Labute approximate surface area is 216 Å². The number of hydrogen-bond acceptors (Lipinski definition) is 5. The fourth-order valence-corrected chi connectivity index (χ4v) is 5.31. The zero-order chi connectivity index (χ0) is 24.5. The predicted octanol–water partition coefficient (Wildman–Crippen LogP) is 7.87. The van der Waals surface area contributed by atoms with Crippen LogP contribution in [0.15, 0.2) is 71.4 Å². The fourth-order valence-electron chi connectivity index (χ4n) is 3.19. The Hall–Kier alpha value is -2.64. The maximum absolute atomic E-state index is 11.5. The quantitative estimate of drug-likeness (QED) is 0.246. The Balaban J connectivity index is 0.000000192. The lowest BCUT2D eigenvalue weighted by Gasteiger charge is -2.04. The average molecular weight is 533 g/mol. The minimum absolute atomic E-state index is 0.0570. The molecule has 0 aliphatic heterocycles. The first kappa shape index (κ1) is 26.0. The molecule has 4 nitrogen and oxygen atoms in total. The molecule has 34 heavy (non-hydrogen) atoms. The normalized spacial score (nSPS) is 10.3. The maximum atomic E-state index is 11.5. The largest absolute Gasteiger partial charge is 0.481 e. The first-order chi connectivity index (χ1) is 16.4. The van der Waals surface area contributed by atoms with Crippen LogP contribution in [0.2, 0.25) is 10.0 Å². The first-order valence-corrected chi connectivity index (χ1v) is 12.9. The van der Waals surface area contributed by atoms with E-state index >= 15 is 0 Å². The summed E-state index contributed by atoms with van der Waals surface area (Å²) in [6.07, 6.45) is 0.372. The Kier molecular flexibility index (Phi) is 9.72. The summed E-state index contributed by atoms with van der Waals surface area (Å²) in [6.45, 7) is 2.23. The van der Waals surface area contributed by atoms with E-state index in [1.54, 1.807) is 34.8 Å². The lowest BCUT2D eigenvalue weighted by Crippen LogP contribution is -2.07. The molecule has 0 atom stereocenters. The van der Waals surface area contributed by atoms with E-state index in [0.29, 0.717) is 23.1 Å². The van der Waals surface area contributed by atoms with Crippen LogP contribution in [0.25, 0.3) is 20.9 Å². The highest BCUT2D eigenvalue weighted by atomic mass is 35.5. The van der Waals surface area contributed by atoms with E-state index in [9.17, 15) is 9.59 Å². The number of benzene rings is 2. The van der Waals surface area contributed by atoms with Gasteiger partial charge in [-0.1, -0.05) is 47.5 Å². The number of carbonyl (C=O) groups excluding carboxylic acids is 1. The van der Waals surface area contributed by atoms with Crippen molar-refractivity contribution in [2.45, 2.75) is 19.8 Å². The van der Waals surface area contributed by atoms with E-state index in [0.717, 1.165) is 32.0 Å². The highest BCUT2D eigenvalue weighted by molar-refractivity contribution is 7.14. The summed E-state index contributed by atoms with van der Waals surface area (Å²) in [6, 6.07) is 18.9. The molecule has 4 rings (SSSR count). The van der Waals surface area contributed by atoms with Crippen molar-refractivity contribution in [3.05, 3.63) is 92.6 Å². The van der Waals surface area contributed by atoms with E-state index in [1.807, 2.05) is 66.2 Å². The molecule has 2 aromatic heterocycles. The molecule has 0 aliphatic rings. The molecule has 0 amide bonds. The van der Waals surface area contributed by atoms with E-state index in [4.69, 9.17) is 33.0 Å². The molecule has 1 N–H and O–H groups in total. The molecule has 8 heteroatoms. The Morgan fingerprint density at radius 1 is 0.765 bits per heavy atom. The lowest BCUT2D eigenvalue weighted by molar-refractivity contribution is -0.142. The molecule has 2 aromatic carbocycles.